The molecule has 17 nitrogen and oxygen atoms in total. The summed E-state index contributed by atoms with van der Waals surface area (Å²) in [5.74, 6) is -0.737. The second kappa shape index (κ2) is 22.2. The van der Waals surface area contributed by atoms with Crippen molar-refractivity contribution in [2.75, 3.05) is 26.2 Å². The molecule has 6 rings (SSSR count). The predicted molar refractivity (Wildman–Crippen MR) is 263 cm³/mol. The summed E-state index contributed by atoms with van der Waals surface area (Å²) in [6.07, 6.45) is 15.3. The molecule has 11 atom stereocenters. The molecule has 1 aromatic rings. The monoisotopic (exact) mass is 975 g/mol. The average molecular weight is 975 g/mol. The summed E-state index contributed by atoms with van der Waals surface area (Å²) in [6, 6.07) is -0.672. The van der Waals surface area contributed by atoms with Gasteiger partial charge in [0.15, 0.2) is 0 Å². The predicted octanol–water partition coefficient (Wildman–Crippen LogP) is 5.41. The summed E-state index contributed by atoms with van der Waals surface area (Å²) < 4.78 is 13.7. The molecule has 388 valence electrons. The average Bonchev–Trinajstić information content (AvgIpc) is 3.92. The van der Waals surface area contributed by atoms with Crippen LogP contribution >= 0.6 is 0 Å². The Kier molecular flexibility index (Phi) is 17.3. The van der Waals surface area contributed by atoms with Crippen molar-refractivity contribution < 1.29 is 43.0 Å². The molecule has 70 heavy (non-hydrogen) atoms. The van der Waals surface area contributed by atoms with Crippen LogP contribution < -0.4 is 27.0 Å². The Bertz CT molecular complexity index is 2160. The number of amides is 5. The van der Waals surface area contributed by atoms with E-state index in [1.165, 1.54) is 17.2 Å². The van der Waals surface area contributed by atoms with Crippen LogP contribution in [-0.2, 0) is 56.0 Å². The Hall–Kier alpha value is -4.93. The first-order chi connectivity index (χ1) is 33.0. The molecular formula is C53H82N8O9. The van der Waals surface area contributed by atoms with Gasteiger partial charge in [-0.05, 0) is 136 Å². The van der Waals surface area contributed by atoms with E-state index in [1.807, 2.05) is 0 Å². The number of unbranched alkanes of at least 4 members (excludes halogenated alkanes) is 1. The first-order valence-corrected chi connectivity index (χ1v) is 25.9. The minimum Gasteiger partial charge on any atom is -0.462 e. The first-order valence-electron chi connectivity index (χ1n) is 25.9. The number of primary amides is 1. The molecule has 17 heteroatoms. The van der Waals surface area contributed by atoms with Crippen molar-refractivity contribution in [1.82, 2.24) is 36.3 Å². The number of hydrogen-bond donors (Lipinski definition) is 5. The van der Waals surface area contributed by atoms with E-state index < -0.39 is 35.1 Å². The highest BCUT2D eigenvalue weighted by Crippen LogP contribution is 2.77. The van der Waals surface area contributed by atoms with E-state index in [0.29, 0.717) is 61.6 Å². The van der Waals surface area contributed by atoms with E-state index >= 15 is 0 Å². The van der Waals surface area contributed by atoms with E-state index in [4.69, 9.17) is 15.2 Å². The maximum Gasteiger partial charge on any atom is 0.312 e. The Balaban J connectivity index is 0.940. The van der Waals surface area contributed by atoms with Crippen molar-refractivity contribution in [3.05, 3.63) is 36.7 Å². The maximum absolute atomic E-state index is 14.0. The van der Waals surface area contributed by atoms with Crippen molar-refractivity contribution in [3.8, 4) is 0 Å². The third-order valence-electron chi connectivity index (χ3n) is 18.6. The van der Waals surface area contributed by atoms with Crippen LogP contribution in [0.4, 0.5) is 0 Å². The van der Waals surface area contributed by atoms with Crippen LogP contribution in [0.15, 0.2) is 31.0 Å². The molecule has 1 heterocycles. The van der Waals surface area contributed by atoms with Gasteiger partial charge in [-0.25, -0.2) is 4.68 Å². The maximum atomic E-state index is 14.0. The molecule has 5 aliphatic rings. The van der Waals surface area contributed by atoms with Crippen LogP contribution in [0.2, 0.25) is 0 Å². The fourth-order valence-electron chi connectivity index (χ4n) is 15.1. The first kappa shape index (κ1) is 54.4. The number of nitrogens with two attached hydrogens (primary N) is 1. The molecule has 1 unspecified atom stereocenters. The van der Waals surface area contributed by atoms with Gasteiger partial charge in [-0.2, -0.15) is 0 Å². The standard InChI is InChI=1S/C53H82N8O9/c1-10-29-69-48(68)53-24-18-36(33(2)3)46(53)37-15-16-40-50(7)22-20-41(49(5,6)39(50)19-23-52(40,9)51(37,8)25-26-53)70-45(66)17-14-35-31-61(60-59-35)32-44(65)56-27-12-11-13-38(47(54)67)55-28-21-42(63)57-30-43(64)58-34(4)62/h10,31,36-41,46,55H,1-2,11-30,32H2,3-9H3,(H2,54,67)(H,56,65)(H,57,63)(H,58,62,64)/t36-,37+,38?,39-,40+,41-,46+,50-,51+,52+,53-/m0/s1. The summed E-state index contributed by atoms with van der Waals surface area (Å²) in [7, 11) is 0. The van der Waals surface area contributed by atoms with Crippen molar-refractivity contribution in [2.45, 2.75) is 170 Å². The van der Waals surface area contributed by atoms with Crippen LogP contribution in [-0.4, -0.2) is 94.9 Å². The highest BCUT2D eigenvalue weighted by molar-refractivity contribution is 5.96. The molecule has 1 aromatic heterocycles. The van der Waals surface area contributed by atoms with E-state index in [9.17, 15) is 33.6 Å². The van der Waals surface area contributed by atoms with E-state index in [0.717, 1.165) is 64.2 Å². The van der Waals surface area contributed by atoms with Gasteiger partial charge >= 0.3 is 11.9 Å². The van der Waals surface area contributed by atoms with Crippen molar-refractivity contribution in [3.63, 3.8) is 0 Å². The Labute approximate surface area is 414 Å². The minimum atomic E-state index is -0.672. The third kappa shape index (κ3) is 11.2. The number of rotatable bonds is 22. The van der Waals surface area contributed by atoms with Gasteiger partial charge in [0.05, 0.1) is 30.1 Å². The molecule has 0 aromatic carbocycles. The quantitative estimate of drug-likeness (QED) is 0.0557. The van der Waals surface area contributed by atoms with E-state index in [2.05, 4.69) is 86.3 Å². The van der Waals surface area contributed by atoms with Gasteiger partial charge in [-0.1, -0.05) is 64.6 Å². The van der Waals surface area contributed by atoms with Gasteiger partial charge in [0, 0.05) is 44.5 Å². The summed E-state index contributed by atoms with van der Waals surface area (Å²) in [4.78, 5) is 86.6. The molecule has 5 saturated carbocycles. The number of ether oxygens (including phenoxy) is 2. The number of nitrogens with one attached hydrogen (secondary N) is 4. The summed E-state index contributed by atoms with van der Waals surface area (Å²) in [5, 5.41) is 18.6. The summed E-state index contributed by atoms with van der Waals surface area (Å²) >= 11 is 0. The molecule has 5 aliphatic carbocycles. The molecule has 5 fully saturated rings. The number of aryl methyl sites for hydroxylation is 1. The number of allylic oxidation sites excluding steroid dienone is 1. The number of aromatic nitrogens is 3. The zero-order chi connectivity index (χ0) is 51.2. The minimum absolute atomic E-state index is 0.00172. The fraction of sp³-hybridized carbons (Fsp3) is 0.755. The number of carbonyl (C=O) groups is 7. The molecule has 0 radical (unpaired) electrons. The zero-order valence-electron chi connectivity index (χ0n) is 43.1. The largest absolute Gasteiger partial charge is 0.462 e. The number of hydrogen-bond acceptors (Lipinski definition) is 12. The Morgan fingerprint density at radius 2 is 1.61 bits per heavy atom. The molecule has 0 spiro atoms. The normalized spacial score (nSPS) is 32.0. The number of fused-ring (bicyclic) bond motifs is 7. The van der Waals surface area contributed by atoms with Crippen molar-refractivity contribution in [2.24, 2.45) is 62.4 Å². The van der Waals surface area contributed by atoms with Gasteiger partial charge in [-0.3, -0.25) is 38.9 Å². The van der Waals surface area contributed by atoms with Gasteiger partial charge in [-0.15, -0.1) is 5.10 Å². The van der Waals surface area contributed by atoms with E-state index in [1.54, 1.807) is 12.3 Å². The SMILES string of the molecule is C=CCOC(=O)[C@]12CC[C@@H](C(=C)C)[C@@H]1[C@H]1CC[C@@H]3[C@@]4(C)CC[C@H](OC(=O)CCc5cn(CC(=O)NCCCCC(NCCC(=O)NCC(=O)NC(C)=O)C(N)=O)nn5)C(C)(C)[C@@H]4CC[C@@]3(C)[C@]1(C)CC2. The lowest BCUT2D eigenvalue weighted by atomic mass is 9.32. The number of carbonyl (C=O) groups excluding carboxylic acids is 7. The van der Waals surface area contributed by atoms with Crippen LogP contribution in [0.25, 0.3) is 0 Å². The van der Waals surface area contributed by atoms with Crippen LogP contribution in [0.3, 0.4) is 0 Å². The molecule has 0 aliphatic heterocycles. The molecule has 6 N–H and O–H groups in total. The molecular weight excluding hydrogens is 893 g/mol. The van der Waals surface area contributed by atoms with E-state index in [-0.39, 0.29) is 90.6 Å². The smallest absolute Gasteiger partial charge is 0.312 e. The van der Waals surface area contributed by atoms with Gasteiger partial charge in [0.1, 0.15) is 19.3 Å². The Morgan fingerprint density at radius 1 is 0.857 bits per heavy atom. The Morgan fingerprint density at radius 3 is 2.31 bits per heavy atom. The number of imide groups is 1. The number of esters is 2. The zero-order valence-corrected chi connectivity index (χ0v) is 43.1. The summed E-state index contributed by atoms with van der Waals surface area (Å²) in [5.41, 5.74) is 6.96. The van der Waals surface area contributed by atoms with Gasteiger partial charge < -0.3 is 31.2 Å². The van der Waals surface area contributed by atoms with Gasteiger partial charge in [0.2, 0.25) is 29.5 Å². The molecule has 0 bridgehead atoms. The lowest BCUT2D eigenvalue weighted by Crippen LogP contribution is -2.67. The van der Waals surface area contributed by atoms with Crippen LogP contribution in [0.1, 0.15) is 150 Å². The molecule has 0 saturated heterocycles. The van der Waals surface area contributed by atoms with Crippen molar-refractivity contribution >= 4 is 41.5 Å². The topological polar surface area (TPSA) is 243 Å². The van der Waals surface area contributed by atoms with Gasteiger partial charge in [0.25, 0.3) is 0 Å². The third-order valence-corrected chi connectivity index (χ3v) is 18.6. The second-order valence-electron chi connectivity index (χ2n) is 22.9. The fourth-order valence-corrected chi connectivity index (χ4v) is 15.1. The second-order valence-corrected chi connectivity index (χ2v) is 22.9. The highest BCUT2D eigenvalue weighted by atomic mass is 16.5. The lowest BCUT2D eigenvalue weighted by Gasteiger charge is -2.72. The lowest BCUT2D eigenvalue weighted by molar-refractivity contribution is -0.250. The summed E-state index contributed by atoms with van der Waals surface area (Å²) in [6.45, 7) is 24.4. The van der Waals surface area contributed by atoms with Crippen molar-refractivity contribution in [1.29, 1.82) is 0 Å². The highest BCUT2D eigenvalue weighted by Gasteiger charge is 2.72. The number of nitrogens with zero attached hydrogens (tertiary/aromatic N) is 3. The molecule has 5 amide bonds. The van der Waals surface area contributed by atoms with Crippen LogP contribution in [0, 0.1) is 56.7 Å². The van der Waals surface area contributed by atoms with Crippen LogP contribution in [0.5, 0.6) is 0 Å².